The fraction of sp³-hybridized carbons (Fsp3) is 0.611. The van der Waals surface area contributed by atoms with Crippen LogP contribution in [0.5, 0.6) is 0 Å². The van der Waals surface area contributed by atoms with E-state index in [2.05, 4.69) is 17.4 Å². The van der Waals surface area contributed by atoms with Gasteiger partial charge in [-0.05, 0) is 45.1 Å². The number of unbranched alkanes of at least 4 members (excludes halogenated alkanes) is 1. The maximum atomic E-state index is 11.8. The normalized spacial score (nSPS) is 10.9. The Balaban J connectivity index is 2.05. The van der Waals surface area contributed by atoms with E-state index in [0.717, 1.165) is 25.7 Å². The molecule has 0 radical (unpaired) electrons. The lowest BCUT2D eigenvalue weighted by Crippen LogP contribution is -2.25. The van der Waals surface area contributed by atoms with Crippen molar-refractivity contribution in [2.45, 2.75) is 52.2 Å². The first kappa shape index (κ1) is 18.7. The topological polar surface area (TPSA) is 47.6 Å². The number of hydrogen-bond acceptors (Lipinski definition) is 3. The third-order valence-corrected chi connectivity index (χ3v) is 3.38. The Hall–Kier alpha value is -1.39. The summed E-state index contributed by atoms with van der Waals surface area (Å²) in [6.45, 7) is 5.94. The van der Waals surface area contributed by atoms with E-state index in [-0.39, 0.29) is 12.2 Å². The second-order valence-electron chi connectivity index (χ2n) is 5.17. The van der Waals surface area contributed by atoms with E-state index in [1.807, 2.05) is 32.0 Å². The van der Waals surface area contributed by atoms with Crippen LogP contribution in [0.15, 0.2) is 30.3 Å². The molecule has 0 unspecified atom stereocenters. The zero-order chi connectivity index (χ0) is 16.0. The van der Waals surface area contributed by atoms with Gasteiger partial charge in [-0.2, -0.15) is 0 Å². The van der Waals surface area contributed by atoms with Crippen molar-refractivity contribution in [3.05, 3.63) is 35.9 Å². The molecule has 0 heterocycles. The summed E-state index contributed by atoms with van der Waals surface area (Å²) in [7, 11) is 0. The molecule has 0 aromatic heterocycles. The van der Waals surface area contributed by atoms with E-state index < -0.39 is 0 Å². The van der Waals surface area contributed by atoms with Gasteiger partial charge < -0.3 is 14.8 Å². The van der Waals surface area contributed by atoms with Crippen LogP contribution in [-0.4, -0.2) is 32.0 Å². The van der Waals surface area contributed by atoms with E-state index in [9.17, 15) is 4.79 Å². The molecule has 0 atom stereocenters. The van der Waals surface area contributed by atoms with E-state index in [0.29, 0.717) is 26.2 Å². The molecular weight excluding hydrogens is 278 g/mol. The van der Waals surface area contributed by atoms with Gasteiger partial charge in [-0.15, -0.1) is 0 Å². The fourth-order valence-electron chi connectivity index (χ4n) is 2.26. The number of hydrogen-bond donors (Lipinski definition) is 1. The average Bonchev–Trinajstić information content (AvgIpc) is 2.53. The number of nitrogens with one attached hydrogen (secondary N) is 1. The third kappa shape index (κ3) is 8.80. The van der Waals surface area contributed by atoms with Crippen LogP contribution in [0.3, 0.4) is 0 Å². The molecule has 0 saturated heterocycles. The van der Waals surface area contributed by atoms with Crippen LogP contribution in [0.4, 0.5) is 0 Å². The minimum atomic E-state index is -0.129. The summed E-state index contributed by atoms with van der Waals surface area (Å²) in [5.74, 6) is 0.125. The van der Waals surface area contributed by atoms with Gasteiger partial charge in [0.05, 0.1) is 0 Å². The van der Waals surface area contributed by atoms with E-state index in [4.69, 9.17) is 9.47 Å². The van der Waals surface area contributed by atoms with Crippen molar-refractivity contribution in [2.24, 2.45) is 0 Å². The number of amides is 1. The molecule has 0 aliphatic heterocycles. The minimum absolute atomic E-state index is 0.125. The van der Waals surface area contributed by atoms with Crippen molar-refractivity contribution in [3.8, 4) is 0 Å². The minimum Gasteiger partial charge on any atom is -0.356 e. The molecule has 0 bridgehead atoms. The van der Waals surface area contributed by atoms with E-state index >= 15 is 0 Å². The lowest BCUT2D eigenvalue weighted by Gasteiger charge is -2.16. The number of ether oxygens (including phenoxy) is 2. The molecule has 1 N–H and O–H groups in total. The van der Waals surface area contributed by atoms with Crippen LogP contribution in [0.1, 0.15) is 45.1 Å². The van der Waals surface area contributed by atoms with Crippen molar-refractivity contribution in [2.75, 3.05) is 19.8 Å². The predicted molar refractivity (Wildman–Crippen MR) is 88.7 cm³/mol. The van der Waals surface area contributed by atoms with Gasteiger partial charge in [-0.3, -0.25) is 4.79 Å². The number of carbonyl (C=O) groups is 1. The molecule has 0 spiro atoms. The van der Waals surface area contributed by atoms with Gasteiger partial charge in [0, 0.05) is 26.2 Å². The van der Waals surface area contributed by atoms with Crippen LogP contribution < -0.4 is 5.32 Å². The summed E-state index contributed by atoms with van der Waals surface area (Å²) < 4.78 is 11.0. The smallest absolute Gasteiger partial charge is 0.220 e. The summed E-state index contributed by atoms with van der Waals surface area (Å²) in [6.07, 6.45) is 3.98. The van der Waals surface area contributed by atoms with Gasteiger partial charge >= 0.3 is 0 Å². The highest BCUT2D eigenvalue weighted by Crippen LogP contribution is 2.08. The molecule has 1 aromatic rings. The Kier molecular flexibility index (Phi) is 10.3. The molecule has 1 amide bonds. The van der Waals surface area contributed by atoms with Crippen LogP contribution in [0.25, 0.3) is 0 Å². The molecule has 124 valence electrons. The summed E-state index contributed by atoms with van der Waals surface area (Å²) in [5, 5.41) is 2.97. The number of carbonyl (C=O) groups excluding carboxylic acids is 1. The molecule has 1 aromatic carbocycles. The van der Waals surface area contributed by atoms with Crippen LogP contribution in [-0.2, 0) is 20.7 Å². The third-order valence-electron chi connectivity index (χ3n) is 3.38. The molecule has 0 aliphatic carbocycles. The van der Waals surface area contributed by atoms with Crippen molar-refractivity contribution >= 4 is 5.91 Å². The largest absolute Gasteiger partial charge is 0.356 e. The van der Waals surface area contributed by atoms with Crippen LogP contribution in [0.2, 0.25) is 0 Å². The molecule has 0 saturated carbocycles. The highest BCUT2D eigenvalue weighted by molar-refractivity contribution is 5.75. The van der Waals surface area contributed by atoms with Gasteiger partial charge in [-0.1, -0.05) is 30.3 Å². The molecule has 22 heavy (non-hydrogen) atoms. The monoisotopic (exact) mass is 307 g/mol. The lowest BCUT2D eigenvalue weighted by atomic mass is 10.1. The lowest BCUT2D eigenvalue weighted by molar-refractivity contribution is -0.140. The van der Waals surface area contributed by atoms with Gasteiger partial charge in [0.15, 0.2) is 6.29 Å². The van der Waals surface area contributed by atoms with Crippen molar-refractivity contribution in [3.63, 3.8) is 0 Å². The zero-order valence-electron chi connectivity index (χ0n) is 13.8. The maximum Gasteiger partial charge on any atom is 0.220 e. The first-order valence-corrected chi connectivity index (χ1v) is 8.30. The Labute approximate surface area is 134 Å². The van der Waals surface area contributed by atoms with E-state index in [1.54, 1.807) is 0 Å². The Bertz CT molecular complexity index is 389. The van der Waals surface area contributed by atoms with Crippen LogP contribution >= 0.6 is 0 Å². The summed E-state index contributed by atoms with van der Waals surface area (Å²) in [6, 6.07) is 10.2. The SMILES string of the molecule is CCOC(CCCCC(=O)NCCc1ccccc1)OCC. The zero-order valence-corrected chi connectivity index (χ0v) is 13.8. The van der Waals surface area contributed by atoms with Gasteiger partial charge in [0.25, 0.3) is 0 Å². The second kappa shape index (κ2) is 12.2. The average molecular weight is 307 g/mol. The van der Waals surface area contributed by atoms with Gasteiger partial charge in [-0.25, -0.2) is 0 Å². The fourth-order valence-corrected chi connectivity index (χ4v) is 2.26. The molecule has 0 fully saturated rings. The quantitative estimate of drug-likeness (QED) is 0.476. The second-order valence-corrected chi connectivity index (χ2v) is 5.17. The van der Waals surface area contributed by atoms with Crippen molar-refractivity contribution in [1.29, 1.82) is 0 Å². The summed E-state index contributed by atoms with van der Waals surface area (Å²) in [5.41, 5.74) is 1.25. The predicted octanol–water partition coefficient (Wildman–Crippen LogP) is 3.30. The number of benzene rings is 1. The van der Waals surface area contributed by atoms with Crippen LogP contribution in [0, 0.1) is 0 Å². The summed E-state index contributed by atoms with van der Waals surface area (Å²) >= 11 is 0. The van der Waals surface area contributed by atoms with Crippen molar-refractivity contribution < 1.29 is 14.3 Å². The van der Waals surface area contributed by atoms with Crippen molar-refractivity contribution in [1.82, 2.24) is 5.32 Å². The Morgan fingerprint density at radius 1 is 1.09 bits per heavy atom. The molecular formula is C18H29NO3. The maximum absolute atomic E-state index is 11.8. The molecule has 4 nitrogen and oxygen atoms in total. The highest BCUT2D eigenvalue weighted by Gasteiger charge is 2.08. The van der Waals surface area contributed by atoms with E-state index in [1.165, 1.54) is 5.56 Å². The molecule has 1 rings (SSSR count). The van der Waals surface area contributed by atoms with Gasteiger partial charge in [0.1, 0.15) is 0 Å². The first-order chi connectivity index (χ1) is 10.8. The molecule has 0 aliphatic rings. The van der Waals surface area contributed by atoms with Gasteiger partial charge in [0.2, 0.25) is 5.91 Å². The Morgan fingerprint density at radius 3 is 2.41 bits per heavy atom. The summed E-state index contributed by atoms with van der Waals surface area (Å²) in [4.78, 5) is 11.8. The standard InChI is InChI=1S/C18H29NO3/c1-3-21-18(22-4-2)13-9-8-12-17(20)19-15-14-16-10-6-5-7-11-16/h5-7,10-11,18H,3-4,8-9,12-15H2,1-2H3,(H,19,20). The highest BCUT2D eigenvalue weighted by atomic mass is 16.7. The number of rotatable bonds is 12. The first-order valence-electron chi connectivity index (χ1n) is 8.30. The molecule has 4 heteroatoms. The Morgan fingerprint density at radius 2 is 1.77 bits per heavy atom.